The monoisotopic (exact) mass is 356 g/mol. The zero-order valence-electron chi connectivity index (χ0n) is 14.2. The van der Waals surface area contributed by atoms with Gasteiger partial charge in [-0.2, -0.15) is 4.98 Å². The van der Waals surface area contributed by atoms with E-state index in [0.29, 0.717) is 36.1 Å². The second-order valence-corrected chi connectivity index (χ2v) is 6.36. The van der Waals surface area contributed by atoms with Crippen molar-refractivity contribution in [2.75, 3.05) is 13.1 Å². The number of likely N-dealkylation sites (tertiary alicyclic amines) is 1. The summed E-state index contributed by atoms with van der Waals surface area (Å²) >= 11 is 0. The zero-order valence-corrected chi connectivity index (χ0v) is 14.2. The quantitative estimate of drug-likeness (QED) is 0.716. The molecule has 1 aromatic carbocycles. The number of nitrogens with zero attached hydrogens (tertiary/aromatic N) is 4. The maximum Gasteiger partial charge on any atom is 0.292 e. The molecule has 1 aliphatic heterocycles. The Kier molecular flexibility index (Phi) is 4.24. The van der Waals surface area contributed by atoms with E-state index in [1.807, 2.05) is 0 Å². The van der Waals surface area contributed by atoms with Crippen molar-refractivity contribution < 1.29 is 18.2 Å². The van der Waals surface area contributed by atoms with E-state index in [2.05, 4.69) is 15.3 Å². The summed E-state index contributed by atoms with van der Waals surface area (Å²) in [4.78, 5) is 18.6. The van der Waals surface area contributed by atoms with Crippen molar-refractivity contribution in [3.05, 3.63) is 53.5 Å². The van der Waals surface area contributed by atoms with Gasteiger partial charge in [0.05, 0.1) is 5.69 Å². The molecule has 3 heterocycles. The number of amides is 1. The Morgan fingerprint density at radius 2 is 1.88 bits per heavy atom. The average Bonchev–Trinajstić information content (AvgIpc) is 3.31. The summed E-state index contributed by atoms with van der Waals surface area (Å²) in [7, 11) is 0. The van der Waals surface area contributed by atoms with Crippen LogP contribution in [-0.4, -0.2) is 39.2 Å². The molecule has 0 unspecified atom stereocenters. The van der Waals surface area contributed by atoms with Gasteiger partial charge in [0.15, 0.2) is 0 Å². The van der Waals surface area contributed by atoms with Crippen LogP contribution in [0, 0.1) is 12.7 Å². The molecule has 1 saturated heterocycles. The third kappa shape index (κ3) is 3.22. The first-order valence-corrected chi connectivity index (χ1v) is 8.42. The van der Waals surface area contributed by atoms with Gasteiger partial charge in [0.25, 0.3) is 5.91 Å². The summed E-state index contributed by atoms with van der Waals surface area (Å²) in [5.74, 6) is 0.884. The fraction of sp³-hybridized carbons (Fsp3) is 0.333. The number of hydrogen-bond donors (Lipinski definition) is 0. The van der Waals surface area contributed by atoms with Crippen LogP contribution in [0.1, 0.15) is 40.9 Å². The highest BCUT2D eigenvalue weighted by molar-refractivity contribution is 5.91. The minimum absolute atomic E-state index is 0.0946. The molecule has 0 atom stereocenters. The number of carbonyl (C=O) groups excluding carboxylic acids is 1. The second-order valence-electron chi connectivity index (χ2n) is 6.36. The Morgan fingerprint density at radius 3 is 2.54 bits per heavy atom. The highest BCUT2D eigenvalue weighted by Crippen LogP contribution is 2.29. The first-order valence-electron chi connectivity index (χ1n) is 8.42. The SMILES string of the molecule is Cc1cc(C(=O)N2CCC(c3nc(-c4ccc(F)cc4)no3)CC2)on1. The van der Waals surface area contributed by atoms with Crippen molar-refractivity contribution in [2.24, 2.45) is 0 Å². The van der Waals surface area contributed by atoms with Crippen LogP contribution in [0.2, 0.25) is 0 Å². The molecular weight excluding hydrogens is 339 g/mol. The zero-order chi connectivity index (χ0) is 18.1. The van der Waals surface area contributed by atoms with Gasteiger partial charge in [0, 0.05) is 30.6 Å². The normalized spacial score (nSPS) is 15.4. The van der Waals surface area contributed by atoms with Crippen LogP contribution < -0.4 is 0 Å². The predicted octanol–water partition coefficient (Wildman–Crippen LogP) is 3.19. The Labute approximate surface area is 148 Å². The van der Waals surface area contributed by atoms with E-state index >= 15 is 0 Å². The number of aryl methyl sites for hydroxylation is 1. The Hall–Kier alpha value is -3.03. The topological polar surface area (TPSA) is 85.3 Å². The van der Waals surface area contributed by atoms with Gasteiger partial charge in [-0.1, -0.05) is 10.3 Å². The summed E-state index contributed by atoms with van der Waals surface area (Å²) < 4.78 is 23.4. The third-order valence-corrected chi connectivity index (χ3v) is 4.51. The molecule has 1 aliphatic rings. The van der Waals surface area contributed by atoms with Crippen LogP contribution in [0.25, 0.3) is 11.4 Å². The maximum absolute atomic E-state index is 13.0. The van der Waals surface area contributed by atoms with Crippen LogP contribution in [0.4, 0.5) is 4.39 Å². The van der Waals surface area contributed by atoms with Crippen LogP contribution in [0.3, 0.4) is 0 Å². The minimum Gasteiger partial charge on any atom is -0.351 e. The number of halogens is 1. The largest absolute Gasteiger partial charge is 0.351 e. The number of aromatic nitrogens is 3. The fourth-order valence-corrected chi connectivity index (χ4v) is 3.07. The highest BCUT2D eigenvalue weighted by atomic mass is 19.1. The van der Waals surface area contributed by atoms with E-state index in [9.17, 15) is 9.18 Å². The Bertz CT molecular complexity index is 911. The molecule has 3 aromatic rings. The second kappa shape index (κ2) is 6.70. The molecule has 4 rings (SSSR count). The molecule has 0 bridgehead atoms. The van der Waals surface area contributed by atoms with Crippen molar-refractivity contribution in [1.82, 2.24) is 20.2 Å². The van der Waals surface area contributed by atoms with Crippen LogP contribution in [-0.2, 0) is 0 Å². The first-order chi connectivity index (χ1) is 12.6. The van der Waals surface area contributed by atoms with Crippen molar-refractivity contribution >= 4 is 5.91 Å². The molecular formula is C18H17FN4O3. The van der Waals surface area contributed by atoms with E-state index < -0.39 is 0 Å². The lowest BCUT2D eigenvalue weighted by Crippen LogP contribution is -2.37. The number of carbonyl (C=O) groups is 1. The summed E-state index contributed by atoms with van der Waals surface area (Å²) in [6, 6.07) is 7.60. The van der Waals surface area contributed by atoms with Crippen molar-refractivity contribution in [3.63, 3.8) is 0 Å². The third-order valence-electron chi connectivity index (χ3n) is 4.51. The number of benzene rings is 1. The lowest BCUT2D eigenvalue weighted by Gasteiger charge is -2.29. The van der Waals surface area contributed by atoms with Gasteiger partial charge in [-0.15, -0.1) is 0 Å². The maximum atomic E-state index is 13.0. The van der Waals surface area contributed by atoms with E-state index in [-0.39, 0.29) is 23.4 Å². The molecule has 26 heavy (non-hydrogen) atoms. The first kappa shape index (κ1) is 16.4. The van der Waals surface area contributed by atoms with Crippen molar-refractivity contribution in [3.8, 4) is 11.4 Å². The van der Waals surface area contributed by atoms with Gasteiger partial charge in [-0.05, 0) is 44.0 Å². The van der Waals surface area contributed by atoms with E-state index in [0.717, 1.165) is 12.8 Å². The van der Waals surface area contributed by atoms with Crippen molar-refractivity contribution in [2.45, 2.75) is 25.7 Å². The summed E-state index contributed by atoms with van der Waals surface area (Å²) in [6.45, 7) is 2.94. The Morgan fingerprint density at radius 1 is 1.15 bits per heavy atom. The molecule has 0 saturated carbocycles. The number of rotatable bonds is 3. The molecule has 0 spiro atoms. The van der Waals surface area contributed by atoms with E-state index in [1.54, 1.807) is 30.0 Å². The fourth-order valence-electron chi connectivity index (χ4n) is 3.07. The van der Waals surface area contributed by atoms with Gasteiger partial charge in [0.1, 0.15) is 5.82 Å². The summed E-state index contributed by atoms with van der Waals surface area (Å²) in [5, 5.41) is 7.74. The van der Waals surface area contributed by atoms with E-state index in [1.165, 1.54) is 12.1 Å². The van der Waals surface area contributed by atoms with Gasteiger partial charge in [0.2, 0.25) is 17.5 Å². The van der Waals surface area contributed by atoms with Gasteiger partial charge < -0.3 is 13.9 Å². The highest BCUT2D eigenvalue weighted by Gasteiger charge is 2.29. The molecule has 1 amide bonds. The number of piperidine rings is 1. The molecule has 7 nitrogen and oxygen atoms in total. The van der Waals surface area contributed by atoms with Crippen LogP contribution >= 0.6 is 0 Å². The van der Waals surface area contributed by atoms with Gasteiger partial charge in [-0.25, -0.2) is 4.39 Å². The van der Waals surface area contributed by atoms with Gasteiger partial charge >= 0.3 is 0 Å². The molecule has 2 aromatic heterocycles. The molecule has 0 N–H and O–H groups in total. The van der Waals surface area contributed by atoms with Gasteiger partial charge in [-0.3, -0.25) is 4.79 Å². The molecule has 0 aliphatic carbocycles. The summed E-state index contributed by atoms with van der Waals surface area (Å²) in [6.07, 6.45) is 1.45. The average molecular weight is 356 g/mol. The molecule has 8 heteroatoms. The van der Waals surface area contributed by atoms with Crippen LogP contribution in [0.5, 0.6) is 0 Å². The molecule has 1 fully saturated rings. The smallest absolute Gasteiger partial charge is 0.292 e. The number of hydrogen-bond acceptors (Lipinski definition) is 6. The molecule has 134 valence electrons. The minimum atomic E-state index is -0.309. The van der Waals surface area contributed by atoms with Crippen molar-refractivity contribution in [1.29, 1.82) is 0 Å². The lowest BCUT2D eigenvalue weighted by atomic mass is 9.96. The Balaban J connectivity index is 1.40. The van der Waals surface area contributed by atoms with E-state index in [4.69, 9.17) is 9.05 Å². The molecule has 0 radical (unpaired) electrons. The summed E-state index contributed by atoms with van der Waals surface area (Å²) in [5.41, 5.74) is 1.39. The predicted molar refractivity (Wildman–Crippen MR) is 88.8 cm³/mol. The standard InChI is InChI=1S/C18H17FN4O3/c1-11-10-15(25-21-11)18(24)23-8-6-13(7-9-23)17-20-16(22-26-17)12-2-4-14(19)5-3-12/h2-5,10,13H,6-9H2,1H3. The van der Waals surface area contributed by atoms with Crippen LogP contribution in [0.15, 0.2) is 39.4 Å². The lowest BCUT2D eigenvalue weighted by molar-refractivity contribution is 0.0662.